The Morgan fingerprint density at radius 1 is 1.37 bits per heavy atom. The zero-order valence-corrected chi connectivity index (χ0v) is 16.4. The number of hydrogen-bond donors (Lipinski definition) is 1. The monoisotopic (exact) mass is 433 g/mol. The lowest BCUT2D eigenvalue weighted by Gasteiger charge is -2.32. The second-order valence-corrected chi connectivity index (χ2v) is 7.37. The van der Waals surface area contributed by atoms with Crippen molar-refractivity contribution in [2.24, 2.45) is 0 Å². The number of nitrogens with zero attached hydrogens (tertiary/aromatic N) is 2. The SMILES string of the molecule is Cc1ccc(NC(=O)CN2CCOC(c3cccc(Br)c3)C2)cc1[N+](=O)[O-]. The van der Waals surface area contributed by atoms with E-state index in [4.69, 9.17) is 4.74 Å². The maximum Gasteiger partial charge on any atom is 0.274 e. The van der Waals surface area contributed by atoms with E-state index in [1.807, 2.05) is 29.2 Å². The number of nitrogens with one attached hydrogen (secondary N) is 1. The number of nitro benzene ring substituents is 1. The van der Waals surface area contributed by atoms with Crippen LogP contribution in [0.5, 0.6) is 0 Å². The molecule has 1 aliphatic rings. The summed E-state index contributed by atoms with van der Waals surface area (Å²) in [7, 11) is 0. The highest BCUT2D eigenvalue weighted by Crippen LogP contribution is 2.25. The van der Waals surface area contributed by atoms with Gasteiger partial charge < -0.3 is 10.1 Å². The maximum absolute atomic E-state index is 12.4. The van der Waals surface area contributed by atoms with Crippen LogP contribution in [0.1, 0.15) is 17.2 Å². The molecule has 1 aliphatic heterocycles. The molecule has 0 aromatic heterocycles. The van der Waals surface area contributed by atoms with Gasteiger partial charge in [0.05, 0.1) is 24.2 Å². The fourth-order valence-electron chi connectivity index (χ4n) is 3.04. The van der Waals surface area contributed by atoms with Crippen molar-refractivity contribution >= 4 is 33.2 Å². The number of nitro groups is 1. The topological polar surface area (TPSA) is 84.7 Å². The van der Waals surface area contributed by atoms with Crippen LogP contribution in [0, 0.1) is 17.0 Å². The van der Waals surface area contributed by atoms with Crippen LogP contribution in [0.3, 0.4) is 0 Å². The fraction of sp³-hybridized carbons (Fsp3) is 0.316. The van der Waals surface area contributed by atoms with Gasteiger partial charge in [0.25, 0.3) is 5.69 Å². The Morgan fingerprint density at radius 2 is 2.19 bits per heavy atom. The molecule has 1 heterocycles. The predicted molar refractivity (Wildman–Crippen MR) is 106 cm³/mol. The van der Waals surface area contributed by atoms with Crippen LogP contribution in [-0.4, -0.2) is 42.0 Å². The van der Waals surface area contributed by atoms with Gasteiger partial charge in [-0.05, 0) is 30.7 Å². The van der Waals surface area contributed by atoms with Crippen LogP contribution >= 0.6 is 15.9 Å². The summed E-state index contributed by atoms with van der Waals surface area (Å²) in [4.78, 5) is 25.0. The van der Waals surface area contributed by atoms with E-state index in [1.165, 1.54) is 6.07 Å². The van der Waals surface area contributed by atoms with Gasteiger partial charge >= 0.3 is 0 Å². The van der Waals surface area contributed by atoms with Gasteiger partial charge in [-0.15, -0.1) is 0 Å². The quantitative estimate of drug-likeness (QED) is 0.574. The number of halogens is 1. The number of anilines is 1. The molecule has 0 bridgehead atoms. The number of benzene rings is 2. The average molecular weight is 434 g/mol. The molecule has 1 unspecified atom stereocenters. The third kappa shape index (κ3) is 5.12. The molecular weight excluding hydrogens is 414 g/mol. The predicted octanol–water partition coefficient (Wildman–Crippen LogP) is 3.68. The normalized spacial score (nSPS) is 17.5. The van der Waals surface area contributed by atoms with Gasteiger partial charge in [-0.2, -0.15) is 0 Å². The van der Waals surface area contributed by atoms with Crippen molar-refractivity contribution < 1.29 is 14.5 Å². The Kier molecular flexibility index (Phi) is 6.20. The zero-order valence-electron chi connectivity index (χ0n) is 14.9. The molecule has 0 aliphatic carbocycles. The lowest BCUT2D eigenvalue weighted by molar-refractivity contribution is -0.385. The van der Waals surface area contributed by atoms with E-state index in [-0.39, 0.29) is 24.2 Å². The smallest absolute Gasteiger partial charge is 0.274 e. The average Bonchev–Trinajstić information content (AvgIpc) is 2.63. The van der Waals surface area contributed by atoms with Gasteiger partial charge in [0.15, 0.2) is 0 Å². The Balaban J connectivity index is 1.61. The molecule has 0 saturated carbocycles. The molecule has 1 fully saturated rings. The van der Waals surface area contributed by atoms with Gasteiger partial charge in [-0.3, -0.25) is 19.8 Å². The number of morpholine rings is 1. The number of hydrogen-bond acceptors (Lipinski definition) is 5. The summed E-state index contributed by atoms with van der Waals surface area (Å²) in [6, 6.07) is 12.6. The third-order valence-electron chi connectivity index (χ3n) is 4.43. The lowest BCUT2D eigenvalue weighted by atomic mass is 10.1. The summed E-state index contributed by atoms with van der Waals surface area (Å²) in [6.07, 6.45) is -0.0930. The van der Waals surface area contributed by atoms with E-state index in [0.29, 0.717) is 30.9 Å². The van der Waals surface area contributed by atoms with Crippen LogP contribution in [-0.2, 0) is 9.53 Å². The zero-order chi connectivity index (χ0) is 19.4. The summed E-state index contributed by atoms with van der Waals surface area (Å²) >= 11 is 3.46. The van der Waals surface area contributed by atoms with Crippen molar-refractivity contribution in [3.8, 4) is 0 Å². The largest absolute Gasteiger partial charge is 0.371 e. The molecule has 1 amide bonds. The summed E-state index contributed by atoms with van der Waals surface area (Å²) in [5, 5.41) is 13.8. The summed E-state index contributed by atoms with van der Waals surface area (Å²) < 4.78 is 6.82. The standard InChI is InChI=1S/C19H20BrN3O4/c1-13-5-6-16(10-17(13)23(25)26)21-19(24)12-22-7-8-27-18(11-22)14-3-2-4-15(20)9-14/h2-6,9-10,18H,7-8,11-12H2,1H3,(H,21,24). The number of carbonyl (C=O) groups excluding carboxylic acids is 1. The van der Waals surface area contributed by atoms with Crippen LogP contribution in [0.4, 0.5) is 11.4 Å². The van der Waals surface area contributed by atoms with Crippen LogP contribution in [0.2, 0.25) is 0 Å². The summed E-state index contributed by atoms with van der Waals surface area (Å²) in [5.74, 6) is -0.206. The molecule has 1 atom stereocenters. The van der Waals surface area contributed by atoms with Crippen molar-refractivity contribution in [3.05, 3.63) is 68.2 Å². The van der Waals surface area contributed by atoms with E-state index in [2.05, 4.69) is 21.2 Å². The minimum atomic E-state index is -0.449. The molecule has 2 aromatic carbocycles. The Morgan fingerprint density at radius 3 is 2.93 bits per heavy atom. The number of ether oxygens (including phenoxy) is 1. The van der Waals surface area contributed by atoms with E-state index < -0.39 is 4.92 Å². The molecule has 8 heteroatoms. The number of aryl methyl sites for hydroxylation is 1. The van der Waals surface area contributed by atoms with Crippen molar-refractivity contribution in [3.63, 3.8) is 0 Å². The fourth-order valence-corrected chi connectivity index (χ4v) is 3.46. The molecule has 1 saturated heterocycles. The lowest BCUT2D eigenvalue weighted by Crippen LogP contribution is -2.42. The molecule has 142 valence electrons. The highest BCUT2D eigenvalue weighted by atomic mass is 79.9. The van der Waals surface area contributed by atoms with Gasteiger partial charge in [0.1, 0.15) is 0 Å². The molecule has 0 spiro atoms. The molecule has 3 rings (SSSR count). The van der Waals surface area contributed by atoms with Gasteiger partial charge in [0.2, 0.25) is 5.91 Å². The van der Waals surface area contributed by atoms with Gasteiger partial charge in [-0.1, -0.05) is 34.1 Å². The first-order chi connectivity index (χ1) is 12.9. The van der Waals surface area contributed by atoms with Crippen LogP contribution < -0.4 is 5.32 Å². The van der Waals surface area contributed by atoms with Crippen molar-refractivity contribution in [2.75, 3.05) is 31.6 Å². The minimum absolute atomic E-state index is 0.00566. The molecule has 1 N–H and O–H groups in total. The highest BCUT2D eigenvalue weighted by molar-refractivity contribution is 9.10. The highest BCUT2D eigenvalue weighted by Gasteiger charge is 2.24. The molecule has 7 nitrogen and oxygen atoms in total. The van der Waals surface area contributed by atoms with E-state index in [9.17, 15) is 14.9 Å². The second kappa shape index (κ2) is 8.60. The maximum atomic E-state index is 12.4. The first kappa shape index (κ1) is 19.5. The molecule has 0 radical (unpaired) electrons. The van der Waals surface area contributed by atoms with E-state index in [1.54, 1.807) is 19.1 Å². The first-order valence-corrected chi connectivity index (χ1v) is 9.36. The first-order valence-electron chi connectivity index (χ1n) is 8.56. The van der Waals surface area contributed by atoms with Gasteiger partial charge in [0, 0.05) is 34.9 Å². The number of carbonyl (C=O) groups is 1. The van der Waals surface area contributed by atoms with Crippen molar-refractivity contribution in [1.29, 1.82) is 0 Å². The number of rotatable bonds is 5. The summed E-state index contributed by atoms with van der Waals surface area (Å²) in [5.41, 5.74) is 2.04. The van der Waals surface area contributed by atoms with Crippen LogP contribution in [0.25, 0.3) is 0 Å². The molecular formula is C19H20BrN3O4. The Labute approximate surface area is 165 Å². The van der Waals surface area contributed by atoms with E-state index >= 15 is 0 Å². The molecule has 2 aromatic rings. The Bertz CT molecular complexity index is 859. The van der Waals surface area contributed by atoms with Crippen LogP contribution in [0.15, 0.2) is 46.9 Å². The summed E-state index contributed by atoms with van der Waals surface area (Å²) in [6.45, 7) is 3.68. The van der Waals surface area contributed by atoms with Crippen molar-refractivity contribution in [1.82, 2.24) is 4.90 Å². The number of amides is 1. The third-order valence-corrected chi connectivity index (χ3v) is 4.92. The van der Waals surface area contributed by atoms with Gasteiger partial charge in [-0.25, -0.2) is 0 Å². The minimum Gasteiger partial charge on any atom is -0.371 e. The second-order valence-electron chi connectivity index (χ2n) is 6.46. The van der Waals surface area contributed by atoms with E-state index in [0.717, 1.165) is 10.0 Å². The molecule has 27 heavy (non-hydrogen) atoms. The van der Waals surface area contributed by atoms with Crippen molar-refractivity contribution in [2.45, 2.75) is 13.0 Å². The Hall–Kier alpha value is -2.29.